The Morgan fingerprint density at radius 2 is 1.23 bits per heavy atom. The van der Waals surface area contributed by atoms with E-state index in [1.165, 1.54) is 0 Å². The molecular weight excluding hydrogens is 663 g/mol. The minimum Gasteiger partial charge on any atom is -0.379 e. The summed E-state index contributed by atoms with van der Waals surface area (Å²) >= 11 is 3.37. The molecule has 0 aromatic carbocycles. The molecule has 2 aromatic heterocycles. The van der Waals surface area contributed by atoms with Gasteiger partial charge in [0.1, 0.15) is 24.5 Å². The quantitative estimate of drug-likeness (QED) is 0.0322. The number of rotatable bonds is 28. The Hall–Kier alpha value is -3.08. The van der Waals surface area contributed by atoms with Gasteiger partial charge in [0.05, 0.1) is 0 Å². The van der Waals surface area contributed by atoms with E-state index in [-0.39, 0.29) is 23.7 Å². The van der Waals surface area contributed by atoms with Crippen LogP contribution in [0.2, 0.25) is 0 Å². The van der Waals surface area contributed by atoms with Gasteiger partial charge in [0.25, 0.3) is 23.7 Å². The molecule has 0 aliphatic rings. The number of aromatic amines is 2. The van der Waals surface area contributed by atoms with Crippen molar-refractivity contribution >= 4 is 59.7 Å². The third kappa shape index (κ3) is 20.3. The predicted octanol–water partition coefficient (Wildman–Crippen LogP) is -0.237. The van der Waals surface area contributed by atoms with E-state index in [4.69, 9.17) is 0 Å². The number of aliphatic hydroxyl groups is 2. The highest BCUT2D eigenvalue weighted by Gasteiger charge is 2.19. The van der Waals surface area contributed by atoms with Crippen molar-refractivity contribution in [1.29, 1.82) is 0 Å². The first-order valence-electron chi connectivity index (χ1n) is 16.0. The van der Waals surface area contributed by atoms with E-state index in [1.54, 1.807) is 37.4 Å². The van der Waals surface area contributed by atoms with Gasteiger partial charge in [0.2, 0.25) is 0 Å². The van der Waals surface area contributed by atoms with E-state index >= 15 is 0 Å². The number of thioether (sulfide) groups is 2. The Labute approximate surface area is 289 Å². The number of aliphatic hydroxyl groups excluding tert-OH is 2. The minimum absolute atomic E-state index is 0.111. The Kier molecular flexibility index (Phi) is 22.1. The molecule has 19 nitrogen and oxygen atoms in total. The standard InChI is InChI=1S/C27H51N15O4S2/c1-20(43)28-12-18-47-16-8-22(24(45)32-26-34-38-39-35-26)30-10-4-6-14-42(3)15-7-5-11-31-23(9-17-48-19-13-29-21(2)44)25(46)33-27-36-40-41-37-27/h10-11,20-23,28-29,43-44H,4-9,12-19H2,1-3H3,(H2,32,34,35,38,39,45)(H2,33,36,37,40,41,46). The van der Waals surface area contributed by atoms with Gasteiger partial charge in [-0.05, 0) is 107 Å². The number of anilines is 2. The highest BCUT2D eigenvalue weighted by Crippen LogP contribution is 2.11. The Morgan fingerprint density at radius 1 is 0.792 bits per heavy atom. The van der Waals surface area contributed by atoms with E-state index in [0.717, 1.165) is 61.8 Å². The van der Waals surface area contributed by atoms with Crippen LogP contribution in [-0.2, 0) is 9.59 Å². The Balaban J connectivity index is 1.70. The number of aromatic nitrogens is 8. The second kappa shape index (κ2) is 25.9. The van der Waals surface area contributed by atoms with Gasteiger partial charge in [0, 0.05) is 24.6 Å². The van der Waals surface area contributed by atoms with Crippen molar-refractivity contribution in [2.24, 2.45) is 9.98 Å². The maximum Gasteiger partial charge on any atom is 0.269 e. The molecule has 0 aliphatic carbocycles. The second-order valence-corrected chi connectivity index (χ2v) is 13.2. The van der Waals surface area contributed by atoms with Crippen molar-refractivity contribution in [3.8, 4) is 0 Å². The zero-order valence-electron chi connectivity index (χ0n) is 27.9. The fourth-order valence-electron chi connectivity index (χ4n) is 4.06. The molecule has 0 aliphatic heterocycles. The highest BCUT2D eigenvalue weighted by atomic mass is 32.2. The maximum atomic E-state index is 12.8. The van der Waals surface area contributed by atoms with Gasteiger partial charge in [0.15, 0.2) is 0 Å². The summed E-state index contributed by atoms with van der Waals surface area (Å²) in [6.07, 6.45) is 6.87. The summed E-state index contributed by atoms with van der Waals surface area (Å²) in [5.74, 6) is 2.75. The number of amides is 2. The SMILES string of the molecule is CC(O)NCCSCCC(N=CCCCN(C)CCCC=NC(CCSCCNC(C)O)C(=O)Nc1nn[nH]n1)C(=O)Nc1nn[nH]n1. The first-order valence-corrected chi connectivity index (χ1v) is 18.3. The van der Waals surface area contributed by atoms with Gasteiger partial charge in [-0.25, -0.2) is 0 Å². The van der Waals surface area contributed by atoms with E-state index in [0.29, 0.717) is 25.9 Å². The number of nitrogens with one attached hydrogen (secondary N) is 6. The van der Waals surface area contributed by atoms with E-state index in [9.17, 15) is 19.8 Å². The van der Waals surface area contributed by atoms with E-state index in [1.807, 2.05) is 12.4 Å². The molecule has 0 radical (unpaired) electrons. The lowest BCUT2D eigenvalue weighted by Gasteiger charge is -2.15. The average molecular weight is 714 g/mol. The second-order valence-electron chi connectivity index (χ2n) is 10.8. The summed E-state index contributed by atoms with van der Waals surface area (Å²) in [7, 11) is 2.06. The molecule has 0 spiro atoms. The molecule has 0 bridgehead atoms. The van der Waals surface area contributed by atoms with Gasteiger partial charge in [-0.15, -0.1) is 10.2 Å². The number of tetrazole rings is 2. The topological polar surface area (TPSA) is 260 Å². The molecule has 2 aromatic rings. The zero-order valence-corrected chi connectivity index (χ0v) is 29.5. The molecule has 2 rings (SSSR count). The van der Waals surface area contributed by atoms with Gasteiger partial charge in [-0.3, -0.25) is 40.8 Å². The van der Waals surface area contributed by atoms with Crippen LogP contribution in [-0.4, -0.2) is 161 Å². The van der Waals surface area contributed by atoms with Gasteiger partial charge in [-0.1, -0.05) is 10.2 Å². The molecular formula is C27H51N15O4S2. The zero-order chi connectivity index (χ0) is 34.8. The lowest BCUT2D eigenvalue weighted by molar-refractivity contribution is -0.118. The number of carbonyl (C=O) groups excluding carboxylic acids is 2. The van der Waals surface area contributed by atoms with Crippen molar-refractivity contribution in [1.82, 2.24) is 56.8 Å². The molecule has 48 heavy (non-hydrogen) atoms. The van der Waals surface area contributed by atoms with Crippen LogP contribution in [0.4, 0.5) is 11.9 Å². The monoisotopic (exact) mass is 713 g/mol. The summed E-state index contributed by atoms with van der Waals surface area (Å²) in [6.45, 7) is 6.44. The predicted molar refractivity (Wildman–Crippen MR) is 189 cm³/mol. The van der Waals surface area contributed by atoms with Crippen LogP contribution in [0.1, 0.15) is 52.4 Å². The van der Waals surface area contributed by atoms with Gasteiger partial charge in [-0.2, -0.15) is 34.0 Å². The number of aliphatic imine (C=N–C) groups is 2. The van der Waals surface area contributed by atoms with Gasteiger partial charge < -0.3 is 15.1 Å². The average Bonchev–Trinajstić information content (AvgIpc) is 3.76. The van der Waals surface area contributed by atoms with Crippen LogP contribution < -0.4 is 21.3 Å². The third-order valence-electron chi connectivity index (χ3n) is 6.53. The van der Waals surface area contributed by atoms with Crippen LogP contribution in [0.15, 0.2) is 9.98 Å². The third-order valence-corrected chi connectivity index (χ3v) is 8.56. The van der Waals surface area contributed by atoms with Crippen LogP contribution in [0.5, 0.6) is 0 Å². The molecule has 8 N–H and O–H groups in total. The minimum atomic E-state index is -0.568. The Bertz CT molecular complexity index is 1070. The summed E-state index contributed by atoms with van der Waals surface area (Å²) in [6, 6.07) is -1.14. The number of unbranched alkanes of at least 4 members (excludes halogenated alkanes) is 2. The molecule has 4 unspecified atom stereocenters. The summed E-state index contributed by atoms with van der Waals surface area (Å²) < 4.78 is 0. The molecule has 2 amide bonds. The summed E-state index contributed by atoms with van der Waals surface area (Å²) in [5.41, 5.74) is 0. The van der Waals surface area contributed by atoms with Crippen molar-refractivity contribution in [2.45, 2.75) is 76.9 Å². The maximum absolute atomic E-state index is 12.8. The van der Waals surface area contributed by atoms with Gasteiger partial charge >= 0.3 is 0 Å². The lowest BCUT2D eigenvalue weighted by Crippen LogP contribution is -2.29. The summed E-state index contributed by atoms with van der Waals surface area (Å²) in [4.78, 5) is 36.8. The number of hydrogen-bond donors (Lipinski definition) is 8. The van der Waals surface area contributed by atoms with Crippen molar-refractivity contribution in [3.63, 3.8) is 0 Å². The first-order chi connectivity index (χ1) is 23.2. The van der Waals surface area contributed by atoms with Crippen molar-refractivity contribution in [2.75, 3.05) is 66.9 Å². The fourth-order valence-corrected chi connectivity index (χ4v) is 5.77. The molecule has 21 heteroatoms. The van der Waals surface area contributed by atoms with E-state index in [2.05, 4.69) is 84.4 Å². The van der Waals surface area contributed by atoms with E-state index < -0.39 is 24.5 Å². The lowest BCUT2D eigenvalue weighted by atomic mass is 10.2. The number of hydrogen-bond acceptors (Lipinski definition) is 17. The highest BCUT2D eigenvalue weighted by molar-refractivity contribution is 7.99. The van der Waals surface area contributed by atoms with Crippen LogP contribution >= 0.6 is 23.5 Å². The van der Waals surface area contributed by atoms with Crippen LogP contribution in [0, 0.1) is 0 Å². The molecule has 2 heterocycles. The molecule has 4 atom stereocenters. The largest absolute Gasteiger partial charge is 0.379 e. The molecule has 270 valence electrons. The normalized spacial score (nSPS) is 14.5. The number of H-pyrrole nitrogens is 2. The number of carbonyl (C=O) groups is 2. The smallest absolute Gasteiger partial charge is 0.269 e. The first kappa shape index (κ1) is 41.1. The fraction of sp³-hybridized carbons (Fsp3) is 0.778. The van der Waals surface area contributed by atoms with Crippen molar-refractivity contribution < 1.29 is 19.8 Å². The number of nitrogens with zero attached hydrogens (tertiary/aromatic N) is 9. The van der Waals surface area contributed by atoms with Crippen molar-refractivity contribution in [3.05, 3.63) is 0 Å². The molecule has 0 saturated heterocycles. The van der Waals surface area contributed by atoms with Crippen LogP contribution in [0.25, 0.3) is 0 Å². The molecule has 0 saturated carbocycles. The van der Waals surface area contributed by atoms with Crippen LogP contribution in [0.3, 0.4) is 0 Å². The Morgan fingerprint density at radius 3 is 1.60 bits per heavy atom. The summed E-state index contributed by atoms with van der Waals surface area (Å²) in [5, 5.41) is 56.5. The molecule has 0 fully saturated rings.